The third-order valence-electron chi connectivity index (χ3n) is 5.00. The number of carbonyl (C=O) groups is 2. The minimum atomic E-state index is -3.91. The van der Waals surface area contributed by atoms with Gasteiger partial charge in [-0.1, -0.05) is 36.4 Å². The molecule has 0 aliphatic carbocycles. The molecular weight excluding hydrogens is 514 g/mol. The Balaban J connectivity index is 1.49. The summed E-state index contributed by atoms with van der Waals surface area (Å²) in [5.41, 5.74) is 3.47. The first-order valence-electron chi connectivity index (χ1n) is 11.2. The summed E-state index contributed by atoms with van der Waals surface area (Å²) in [6.07, 6.45) is 2.23. The maximum Gasteiger partial charge on any atom is 0.271 e. The first kappa shape index (κ1) is 27.8. The Morgan fingerprint density at radius 2 is 1.74 bits per heavy atom. The molecule has 0 saturated heterocycles. The lowest BCUT2D eigenvalue weighted by Crippen LogP contribution is -2.39. The normalized spacial score (nSPS) is 11.1. The lowest BCUT2D eigenvalue weighted by Gasteiger charge is -2.21. The van der Waals surface area contributed by atoms with E-state index in [1.54, 1.807) is 24.3 Å². The van der Waals surface area contributed by atoms with Crippen LogP contribution in [0.3, 0.4) is 0 Å². The summed E-state index contributed by atoms with van der Waals surface area (Å²) in [6, 6.07) is 21.0. The number of ether oxygens (including phenoxy) is 1. The minimum Gasteiger partial charge on any atom is -0.484 e. The van der Waals surface area contributed by atoms with Crippen molar-refractivity contribution in [3.8, 4) is 5.75 Å². The number of benzene rings is 3. The van der Waals surface area contributed by atoms with Crippen molar-refractivity contribution in [3.05, 3.63) is 100 Å². The van der Waals surface area contributed by atoms with Gasteiger partial charge in [-0.25, -0.2) is 13.8 Å². The molecule has 2 amide bonds. The number of amides is 2. The smallest absolute Gasteiger partial charge is 0.271 e. The average molecular weight is 540 g/mol. The van der Waals surface area contributed by atoms with E-state index in [1.807, 2.05) is 30.3 Å². The van der Waals surface area contributed by atoms with E-state index in [0.29, 0.717) is 17.9 Å². The van der Waals surface area contributed by atoms with E-state index in [1.165, 1.54) is 24.4 Å². The van der Waals surface area contributed by atoms with Crippen LogP contribution in [0, 0.1) is 10.1 Å². The first-order chi connectivity index (χ1) is 18.1. The third kappa shape index (κ3) is 8.71. The quantitative estimate of drug-likeness (QED) is 0.203. The molecule has 198 valence electrons. The number of anilines is 1. The fraction of sp³-hybridized carbons (Fsp3) is 0.160. The van der Waals surface area contributed by atoms with Gasteiger partial charge in [-0.05, 0) is 41.5 Å². The molecule has 0 saturated carbocycles. The van der Waals surface area contributed by atoms with Crippen LogP contribution in [0.5, 0.6) is 5.75 Å². The number of hydrogen-bond donors (Lipinski definition) is 2. The SMILES string of the molecule is CS(=O)(=O)N(CC(=O)N/N=C\c1ccc(OCC(=O)NCc2ccccc2)cc1)c1cccc([N+](=O)[O-])c1. The van der Waals surface area contributed by atoms with Crippen LogP contribution in [0.15, 0.2) is 84.0 Å². The van der Waals surface area contributed by atoms with Gasteiger partial charge < -0.3 is 10.1 Å². The van der Waals surface area contributed by atoms with Crippen molar-refractivity contribution in [1.29, 1.82) is 0 Å². The molecule has 13 heteroatoms. The van der Waals surface area contributed by atoms with Crippen molar-refractivity contribution in [2.45, 2.75) is 6.54 Å². The number of carbonyl (C=O) groups excluding carboxylic acids is 2. The van der Waals surface area contributed by atoms with Crippen LogP contribution in [-0.2, 0) is 26.2 Å². The Hall–Kier alpha value is -4.78. The summed E-state index contributed by atoms with van der Waals surface area (Å²) < 4.78 is 30.6. The molecule has 2 N–H and O–H groups in total. The fourth-order valence-electron chi connectivity index (χ4n) is 3.15. The standard InChI is InChI=1S/C25H25N5O7S/c1-38(35,36)29(21-8-5-9-22(14-21)30(33)34)17-24(31)28-27-16-20-10-12-23(13-11-20)37-18-25(32)26-15-19-6-3-2-4-7-19/h2-14,16H,15,17-18H2,1H3,(H,26,32)(H,28,31)/b27-16-. The van der Waals surface area contributed by atoms with Gasteiger partial charge in [-0.2, -0.15) is 5.10 Å². The number of nitrogens with one attached hydrogen (secondary N) is 2. The molecule has 0 aliphatic rings. The van der Waals surface area contributed by atoms with E-state index in [-0.39, 0.29) is 23.9 Å². The summed E-state index contributed by atoms with van der Waals surface area (Å²) in [4.78, 5) is 34.6. The number of nitrogens with zero attached hydrogens (tertiary/aromatic N) is 3. The second kappa shape index (κ2) is 13.0. The predicted octanol–water partition coefficient (Wildman–Crippen LogP) is 2.21. The van der Waals surface area contributed by atoms with E-state index in [0.717, 1.165) is 22.2 Å². The van der Waals surface area contributed by atoms with Gasteiger partial charge in [-0.15, -0.1) is 0 Å². The highest BCUT2D eigenvalue weighted by Crippen LogP contribution is 2.23. The molecular formula is C25H25N5O7S. The van der Waals surface area contributed by atoms with E-state index in [4.69, 9.17) is 4.74 Å². The van der Waals surface area contributed by atoms with Crippen molar-refractivity contribution in [2.24, 2.45) is 5.10 Å². The second-order valence-electron chi connectivity index (χ2n) is 7.96. The van der Waals surface area contributed by atoms with Crippen LogP contribution in [0.2, 0.25) is 0 Å². The molecule has 3 aromatic rings. The number of nitro groups is 1. The summed E-state index contributed by atoms with van der Waals surface area (Å²) in [6.45, 7) is -0.383. The lowest BCUT2D eigenvalue weighted by atomic mass is 10.2. The number of hydrogen-bond acceptors (Lipinski definition) is 8. The van der Waals surface area contributed by atoms with Crippen molar-refractivity contribution in [1.82, 2.24) is 10.7 Å². The van der Waals surface area contributed by atoms with Gasteiger partial charge in [0.15, 0.2) is 6.61 Å². The third-order valence-corrected chi connectivity index (χ3v) is 6.14. The molecule has 0 bridgehead atoms. The van der Waals surface area contributed by atoms with Gasteiger partial charge in [0.05, 0.1) is 23.1 Å². The summed E-state index contributed by atoms with van der Waals surface area (Å²) >= 11 is 0. The van der Waals surface area contributed by atoms with Crippen LogP contribution in [0.4, 0.5) is 11.4 Å². The average Bonchev–Trinajstić information content (AvgIpc) is 2.90. The van der Waals surface area contributed by atoms with Crippen LogP contribution < -0.4 is 19.8 Å². The summed E-state index contributed by atoms with van der Waals surface area (Å²) in [7, 11) is -3.91. The molecule has 0 fully saturated rings. The Kier molecular flexibility index (Phi) is 9.48. The van der Waals surface area contributed by atoms with Crippen molar-refractivity contribution >= 4 is 39.4 Å². The molecule has 0 unspecified atom stereocenters. The van der Waals surface area contributed by atoms with Gasteiger partial charge in [0.1, 0.15) is 12.3 Å². The maximum atomic E-state index is 12.3. The van der Waals surface area contributed by atoms with E-state index < -0.39 is 27.4 Å². The number of hydrazone groups is 1. The van der Waals surface area contributed by atoms with Crippen LogP contribution in [0.25, 0.3) is 0 Å². The molecule has 0 atom stereocenters. The number of sulfonamides is 1. The zero-order valence-electron chi connectivity index (χ0n) is 20.3. The maximum absolute atomic E-state index is 12.3. The topological polar surface area (TPSA) is 160 Å². The fourth-order valence-corrected chi connectivity index (χ4v) is 4.00. The molecule has 38 heavy (non-hydrogen) atoms. The van der Waals surface area contributed by atoms with Crippen LogP contribution in [-0.4, -0.2) is 50.8 Å². The van der Waals surface area contributed by atoms with Crippen molar-refractivity contribution in [2.75, 3.05) is 23.7 Å². The highest BCUT2D eigenvalue weighted by Gasteiger charge is 2.22. The van der Waals surface area contributed by atoms with Gasteiger partial charge in [0, 0.05) is 18.7 Å². The van der Waals surface area contributed by atoms with E-state index >= 15 is 0 Å². The molecule has 3 aromatic carbocycles. The number of nitro benzene ring substituents is 1. The largest absolute Gasteiger partial charge is 0.484 e. The van der Waals surface area contributed by atoms with E-state index in [2.05, 4.69) is 15.8 Å². The number of non-ortho nitro benzene ring substituents is 1. The molecule has 0 aliphatic heterocycles. The Morgan fingerprint density at radius 3 is 2.39 bits per heavy atom. The van der Waals surface area contributed by atoms with Crippen molar-refractivity contribution in [3.63, 3.8) is 0 Å². The molecule has 0 radical (unpaired) electrons. The minimum absolute atomic E-state index is 0.0230. The Labute approximate surface area is 219 Å². The van der Waals surface area contributed by atoms with Crippen LogP contribution >= 0.6 is 0 Å². The van der Waals surface area contributed by atoms with Gasteiger partial charge >= 0.3 is 0 Å². The summed E-state index contributed by atoms with van der Waals surface area (Å²) in [5.74, 6) is -0.558. The zero-order chi connectivity index (χ0) is 27.5. The highest BCUT2D eigenvalue weighted by atomic mass is 32.2. The molecule has 0 spiro atoms. The Bertz CT molecular complexity index is 1410. The molecule has 12 nitrogen and oxygen atoms in total. The van der Waals surface area contributed by atoms with Gasteiger partial charge in [0.2, 0.25) is 10.0 Å². The highest BCUT2D eigenvalue weighted by molar-refractivity contribution is 7.92. The van der Waals surface area contributed by atoms with Gasteiger partial charge in [-0.3, -0.25) is 24.0 Å². The lowest BCUT2D eigenvalue weighted by molar-refractivity contribution is -0.384. The Morgan fingerprint density at radius 1 is 1.03 bits per heavy atom. The van der Waals surface area contributed by atoms with Gasteiger partial charge in [0.25, 0.3) is 17.5 Å². The summed E-state index contributed by atoms with van der Waals surface area (Å²) in [5, 5.41) is 17.6. The van der Waals surface area contributed by atoms with E-state index in [9.17, 15) is 28.1 Å². The van der Waals surface area contributed by atoms with Crippen LogP contribution in [0.1, 0.15) is 11.1 Å². The molecule has 0 heterocycles. The predicted molar refractivity (Wildman–Crippen MR) is 141 cm³/mol. The number of rotatable bonds is 12. The monoisotopic (exact) mass is 539 g/mol. The zero-order valence-corrected chi connectivity index (χ0v) is 21.1. The van der Waals surface area contributed by atoms with Crippen molar-refractivity contribution < 1.29 is 27.7 Å². The first-order valence-corrected chi connectivity index (χ1v) is 13.0. The second-order valence-corrected chi connectivity index (χ2v) is 9.87. The molecule has 0 aromatic heterocycles. The molecule has 3 rings (SSSR count).